The van der Waals surface area contributed by atoms with Crippen molar-refractivity contribution in [3.8, 4) is 0 Å². The van der Waals surface area contributed by atoms with Gasteiger partial charge in [0.05, 0.1) is 12.6 Å². The van der Waals surface area contributed by atoms with Crippen molar-refractivity contribution in [3.05, 3.63) is 0 Å². The van der Waals surface area contributed by atoms with Crippen molar-refractivity contribution in [2.45, 2.75) is 64.6 Å². The topological polar surface area (TPSA) is 52.6 Å². The Hall–Kier alpha value is -0.610. The summed E-state index contributed by atoms with van der Waals surface area (Å²) >= 11 is 0. The first-order valence-electron chi connectivity index (χ1n) is 6.60. The molecule has 0 saturated carbocycles. The lowest BCUT2D eigenvalue weighted by atomic mass is 10.0. The Labute approximate surface area is 104 Å². The first-order valence-corrected chi connectivity index (χ1v) is 6.60. The number of nitrogens with zero attached hydrogens (tertiary/aromatic N) is 1. The highest BCUT2D eigenvalue weighted by Crippen LogP contribution is 2.20. The van der Waals surface area contributed by atoms with Crippen molar-refractivity contribution in [1.29, 1.82) is 0 Å². The predicted molar refractivity (Wildman–Crippen MR) is 68.8 cm³/mol. The number of carbonyl (C=O) groups is 1. The molecule has 1 aliphatic rings. The van der Waals surface area contributed by atoms with Gasteiger partial charge in [-0.2, -0.15) is 0 Å². The lowest BCUT2D eigenvalue weighted by molar-refractivity contribution is -0.128. The number of aliphatic hydroxyl groups excluding tert-OH is 1. The molecule has 1 saturated heterocycles. The maximum atomic E-state index is 12.1. The third-order valence-electron chi connectivity index (χ3n) is 3.86. The zero-order chi connectivity index (χ0) is 13.1. The standard InChI is InChI=1S/C13H26N2O2/c1-5-13(3,4)14-12(17)10(2)15-8-6-7-11(15)9-16/h10-11,16H,5-9H2,1-4H3,(H,14,17)/t10?,11-/m0/s1. The maximum absolute atomic E-state index is 12.1. The molecule has 4 nitrogen and oxygen atoms in total. The van der Waals surface area contributed by atoms with Gasteiger partial charge in [0.25, 0.3) is 0 Å². The molecule has 0 radical (unpaired) electrons. The molecule has 1 fully saturated rings. The van der Waals surface area contributed by atoms with Gasteiger partial charge in [-0.05, 0) is 46.6 Å². The Balaban J connectivity index is 2.57. The summed E-state index contributed by atoms with van der Waals surface area (Å²) in [5, 5.41) is 12.3. The van der Waals surface area contributed by atoms with Gasteiger partial charge in [0, 0.05) is 11.6 Å². The molecule has 1 aliphatic heterocycles. The number of rotatable bonds is 5. The molecule has 0 bridgehead atoms. The number of likely N-dealkylation sites (tertiary alicyclic amines) is 1. The number of amides is 1. The van der Waals surface area contributed by atoms with Crippen molar-refractivity contribution < 1.29 is 9.90 Å². The third-order valence-corrected chi connectivity index (χ3v) is 3.86. The molecule has 1 unspecified atom stereocenters. The van der Waals surface area contributed by atoms with Crippen LogP contribution in [0.3, 0.4) is 0 Å². The SMILES string of the molecule is CCC(C)(C)NC(=O)C(C)N1CCC[C@H]1CO. The largest absolute Gasteiger partial charge is 0.395 e. The average Bonchev–Trinajstić information content (AvgIpc) is 2.75. The molecule has 17 heavy (non-hydrogen) atoms. The summed E-state index contributed by atoms with van der Waals surface area (Å²) in [4.78, 5) is 14.2. The molecule has 100 valence electrons. The van der Waals surface area contributed by atoms with Crippen molar-refractivity contribution in [2.24, 2.45) is 0 Å². The number of aliphatic hydroxyl groups is 1. The molecule has 0 aromatic carbocycles. The van der Waals surface area contributed by atoms with E-state index in [1.165, 1.54) is 0 Å². The summed E-state index contributed by atoms with van der Waals surface area (Å²) in [5.74, 6) is 0.0669. The molecular weight excluding hydrogens is 216 g/mol. The van der Waals surface area contributed by atoms with Crippen LogP contribution in [0.1, 0.15) is 47.0 Å². The van der Waals surface area contributed by atoms with E-state index in [0.717, 1.165) is 25.8 Å². The summed E-state index contributed by atoms with van der Waals surface area (Å²) in [7, 11) is 0. The fourth-order valence-corrected chi connectivity index (χ4v) is 2.24. The van der Waals surface area contributed by atoms with Gasteiger partial charge in [0.15, 0.2) is 0 Å². The van der Waals surface area contributed by atoms with E-state index in [4.69, 9.17) is 0 Å². The first kappa shape index (κ1) is 14.5. The second kappa shape index (κ2) is 5.83. The molecule has 1 heterocycles. The van der Waals surface area contributed by atoms with Gasteiger partial charge >= 0.3 is 0 Å². The van der Waals surface area contributed by atoms with Crippen molar-refractivity contribution in [1.82, 2.24) is 10.2 Å². The van der Waals surface area contributed by atoms with Crippen LogP contribution in [-0.2, 0) is 4.79 Å². The molecular formula is C13H26N2O2. The Morgan fingerprint density at radius 3 is 2.76 bits per heavy atom. The van der Waals surface area contributed by atoms with Crippen molar-refractivity contribution in [3.63, 3.8) is 0 Å². The molecule has 2 N–H and O–H groups in total. The van der Waals surface area contributed by atoms with Crippen LogP contribution in [0.25, 0.3) is 0 Å². The van der Waals surface area contributed by atoms with Crippen LogP contribution < -0.4 is 5.32 Å². The fraction of sp³-hybridized carbons (Fsp3) is 0.923. The summed E-state index contributed by atoms with van der Waals surface area (Å²) in [6, 6.07) is 0.000892. The molecule has 0 aromatic rings. The van der Waals surface area contributed by atoms with Gasteiger partial charge in [0.1, 0.15) is 0 Å². The van der Waals surface area contributed by atoms with Crippen LogP contribution in [0.15, 0.2) is 0 Å². The molecule has 0 aromatic heterocycles. The van der Waals surface area contributed by atoms with Gasteiger partial charge in [-0.3, -0.25) is 9.69 Å². The summed E-state index contributed by atoms with van der Waals surface area (Å²) in [5.41, 5.74) is -0.153. The van der Waals surface area contributed by atoms with E-state index >= 15 is 0 Å². The summed E-state index contributed by atoms with van der Waals surface area (Å²) in [6.07, 6.45) is 2.97. The van der Waals surface area contributed by atoms with Gasteiger partial charge in [-0.15, -0.1) is 0 Å². The normalized spacial score (nSPS) is 23.7. The van der Waals surface area contributed by atoms with E-state index in [0.29, 0.717) is 0 Å². The van der Waals surface area contributed by atoms with E-state index in [1.54, 1.807) is 0 Å². The van der Waals surface area contributed by atoms with E-state index in [2.05, 4.69) is 17.1 Å². The molecule has 0 aliphatic carbocycles. The highest BCUT2D eigenvalue weighted by atomic mass is 16.3. The van der Waals surface area contributed by atoms with Gasteiger partial charge < -0.3 is 10.4 Å². The average molecular weight is 242 g/mol. The lowest BCUT2D eigenvalue weighted by Crippen LogP contribution is -2.53. The van der Waals surface area contributed by atoms with Crippen LogP contribution in [0.2, 0.25) is 0 Å². The third kappa shape index (κ3) is 3.68. The minimum atomic E-state index is -0.153. The molecule has 1 amide bonds. The Bertz CT molecular complexity index is 266. The van der Waals surface area contributed by atoms with E-state index < -0.39 is 0 Å². The number of hydrogen-bond donors (Lipinski definition) is 2. The molecule has 4 heteroatoms. The first-order chi connectivity index (χ1) is 7.91. The van der Waals surface area contributed by atoms with Crippen LogP contribution in [0.5, 0.6) is 0 Å². The summed E-state index contributed by atoms with van der Waals surface area (Å²) in [6.45, 7) is 9.11. The second-order valence-corrected chi connectivity index (χ2v) is 5.62. The fourth-order valence-electron chi connectivity index (χ4n) is 2.24. The number of hydrogen-bond acceptors (Lipinski definition) is 3. The second-order valence-electron chi connectivity index (χ2n) is 5.62. The lowest BCUT2D eigenvalue weighted by Gasteiger charge is -2.32. The molecule has 0 spiro atoms. The zero-order valence-corrected chi connectivity index (χ0v) is 11.5. The monoisotopic (exact) mass is 242 g/mol. The highest BCUT2D eigenvalue weighted by molar-refractivity contribution is 5.82. The quantitative estimate of drug-likeness (QED) is 0.760. The van der Waals surface area contributed by atoms with Crippen LogP contribution in [0.4, 0.5) is 0 Å². The minimum absolute atomic E-state index is 0.0669. The summed E-state index contributed by atoms with van der Waals surface area (Å²) < 4.78 is 0. The van der Waals surface area contributed by atoms with Crippen LogP contribution >= 0.6 is 0 Å². The minimum Gasteiger partial charge on any atom is -0.395 e. The van der Waals surface area contributed by atoms with Gasteiger partial charge in [-0.25, -0.2) is 0 Å². The smallest absolute Gasteiger partial charge is 0.237 e. The number of carbonyl (C=O) groups excluding carboxylic acids is 1. The van der Waals surface area contributed by atoms with Crippen molar-refractivity contribution in [2.75, 3.05) is 13.2 Å². The van der Waals surface area contributed by atoms with Crippen LogP contribution in [-0.4, -0.2) is 46.7 Å². The molecule has 2 atom stereocenters. The Morgan fingerprint density at radius 2 is 2.24 bits per heavy atom. The zero-order valence-electron chi connectivity index (χ0n) is 11.5. The molecule has 1 rings (SSSR count). The van der Waals surface area contributed by atoms with Crippen LogP contribution in [0, 0.1) is 0 Å². The van der Waals surface area contributed by atoms with Gasteiger partial charge in [-0.1, -0.05) is 6.92 Å². The van der Waals surface area contributed by atoms with E-state index in [1.807, 2.05) is 20.8 Å². The number of nitrogens with one attached hydrogen (secondary N) is 1. The van der Waals surface area contributed by atoms with Crippen molar-refractivity contribution >= 4 is 5.91 Å². The maximum Gasteiger partial charge on any atom is 0.237 e. The Morgan fingerprint density at radius 1 is 1.59 bits per heavy atom. The van der Waals surface area contributed by atoms with Gasteiger partial charge in [0.2, 0.25) is 5.91 Å². The predicted octanol–water partition coefficient (Wildman–Crippen LogP) is 1.14. The highest BCUT2D eigenvalue weighted by Gasteiger charge is 2.32. The van der Waals surface area contributed by atoms with E-state index in [9.17, 15) is 9.90 Å². The van der Waals surface area contributed by atoms with E-state index in [-0.39, 0.29) is 30.1 Å². The Kier molecular flexibility index (Phi) is 4.95.